The summed E-state index contributed by atoms with van der Waals surface area (Å²) in [7, 11) is 0. The van der Waals surface area contributed by atoms with E-state index in [9.17, 15) is 8.78 Å². The van der Waals surface area contributed by atoms with Gasteiger partial charge in [-0.05, 0) is 0 Å². The second-order valence-electron chi connectivity index (χ2n) is 3.27. The van der Waals surface area contributed by atoms with Crippen LogP contribution in [0.5, 0.6) is 0 Å². The summed E-state index contributed by atoms with van der Waals surface area (Å²) in [6.07, 6.45) is -0.364. The van der Waals surface area contributed by atoms with Crippen LogP contribution in [0.15, 0.2) is 47.6 Å². The molecular weight excluding hydrogens is 184 g/mol. The van der Waals surface area contributed by atoms with Crippen molar-refractivity contribution in [3.63, 3.8) is 0 Å². The number of halogens is 2. The molecule has 1 aliphatic rings. The third-order valence-electron chi connectivity index (χ3n) is 2.09. The number of alkyl halides is 2. The van der Waals surface area contributed by atoms with Gasteiger partial charge >= 0.3 is 0 Å². The van der Waals surface area contributed by atoms with E-state index in [1.165, 1.54) is 0 Å². The molecule has 0 aromatic heterocycles. The van der Waals surface area contributed by atoms with E-state index in [1.54, 1.807) is 30.3 Å². The lowest BCUT2D eigenvalue weighted by Gasteiger charge is -2.10. The maximum Gasteiger partial charge on any atom is 0.295 e. The van der Waals surface area contributed by atoms with E-state index in [-0.39, 0.29) is 17.8 Å². The molecule has 0 fully saturated rings. The number of rotatable bonds is 1. The molecule has 0 saturated heterocycles. The summed E-state index contributed by atoms with van der Waals surface area (Å²) >= 11 is 0. The highest BCUT2D eigenvalue weighted by molar-refractivity contribution is 6.07. The van der Waals surface area contributed by atoms with E-state index in [0.717, 1.165) is 0 Å². The average molecular weight is 193 g/mol. The molecule has 0 unspecified atom stereocenters. The second-order valence-corrected chi connectivity index (χ2v) is 3.27. The van der Waals surface area contributed by atoms with Gasteiger partial charge < -0.3 is 0 Å². The zero-order chi connectivity index (χ0) is 10.2. The highest BCUT2D eigenvalue weighted by atomic mass is 19.3. The van der Waals surface area contributed by atoms with Gasteiger partial charge in [-0.2, -0.15) is 8.78 Å². The summed E-state index contributed by atoms with van der Waals surface area (Å²) in [5.74, 6) is -2.86. The molecule has 0 spiro atoms. The maximum absolute atomic E-state index is 13.4. The van der Waals surface area contributed by atoms with Gasteiger partial charge in [-0.3, -0.25) is 4.99 Å². The average Bonchev–Trinajstić information content (AvgIpc) is 2.41. The Bertz CT molecular complexity index is 393. The van der Waals surface area contributed by atoms with Gasteiger partial charge in [0.05, 0.1) is 6.42 Å². The van der Waals surface area contributed by atoms with Gasteiger partial charge in [0.15, 0.2) is 0 Å². The number of aliphatic imine (C=N–C) groups is 1. The Morgan fingerprint density at radius 1 is 1.21 bits per heavy atom. The predicted octanol–water partition coefficient (Wildman–Crippen LogP) is 3.03. The summed E-state index contributed by atoms with van der Waals surface area (Å²) < 4.78 is 26.7. The molecule has 0 amide bonds. The Kier molecular flexibility index (Phi) is 1.95. The molecule has 1 aliphatic heterocycles. The molecule has 1 nitrogen and oxygen atoms in total. The van der Waals surface area contributed by atoms with Crippen LogP contribution in [0.2, 0.25) is 0 Å². The van der Waals surface area contributed by atoms with Crippen molar-refractivity contribution in [2.24, 2.45) is 4.99 Å². The van der Waals surface area contributed by atoms with E-state index in [4.69, 9.17) is 0 Å². The smallest absolute Gasteiger partial charge is 0.251 e. The lowest BCUT2D eigenvalue weighted by Crippen LogP contribution is -2.24. The minimum atomic E-state index is -2.86. The van der Waals surface area contributed by atoms with Crippen LogP contribution in [0.4, 0.5) is 8.78 Å². The second kappa shape index (κ2) is 3.01. The number of hydrogen-bond donors (Lipinski definition) is 0. The van der Waals surface area contributed by atoms with Crippen molar-refractivity contribution in [1.29, 1.82) is 0 Å². The van der Waals surface area contributed by atoms with Crippen molar-refractivity contribution >= 4 is 5.71 Å². The van der Waals surface area contributed by atoms with Crippen molar-refractivity contribution in [2.75, 3.05) is 0 Å². The fourth-order valence-electron chi connectivity index (χ4n) is 1.49. The Labute approximate surface area is 80.8 Å². The molecule has 3 heteroatoms. The minimum Gasteiger partial charge on any atom is -0.251 e. The maximum atomic E-state index is 13.4. The van der Waals surface area contributed by atoms with Crippen LogP contribution >= 0.6 is 0 Å². The molecule has 1 heterocycles. The number of benzene rings is 1. The van der Waals surface area contributed by atoms with Gasteiger partial charge in [0.25, 0.3) is 5.92 Å². The first kappa shape index (κ1) is 9.06. The molecule has 0 bridgehead atoms. The van der Waals surface area contributed by atoms with Crippen LogP contribution in [0.3, 0.4) is 0 Å². The Morgan fingerprint density at radius 2 is 1.86 bits per heavy atom. The van der Waals surface area contributed by atoms with Crippen molar-refractivity contribution < 1.29 is 8.78 Å². The monoisotopic (exact) mass is 193 g/mol. The van der Waals surface area contributed by atoms with Crippen molar-refractivity contribution in [3.8, 4) is 0 Å². The molecule has 14 heavy (non-hydrogen) atoms. The van der Waals surface area contributed by atoms with Crippen LogP contribution in [-0.2, 0) is 0 Å². The van der Waals surface area contributed by atoms with E-state index in [1.807, 2.05) is 0 Å². The molecule has 0 aliphatic carbocycles. The minimum absolute atomic E-state index is 0.164. The summed E-state index contributed by atoms with van der Waals surface area (Å²) in [6.45, 7) is 3.46. The molecule has 72 valence electrons. The Balaban J connectivity index is 2.45. The molecule has 1 aromatic rings. The van der Waals surface area contributed by atoms with Gasteiger partial charge in [-0.15, -0.1) is 0 Å². The molecule has 1 aromatic carbocycles. The third-order valence-corrected chi connectivity index (χ3v) is 2.09. The first-order valence-electron chi connectivity index (χ1n) is 4.30. The van der Waals surface area contributed by atoms with Gasteiger partial charge in [-0.25, -0.2) is 0 Å². The number of allylic oxidation sites excluding steroid dienone is 1. The van der Waals surface area contributed by atoms with Crippen LogP contribution in [0.25, 0.3) is 0 Å². The standard InChI is InChI=1S/C11H9F2N/c1-8-7-11(12,13)10(14-8)9-5-3-2-4-6-9/h2-6H,1,7H2. The summed E-state index contributed by atoms with van der Waals surface area (Å²) in [5, 5.41) is 0. The van der Waals surface area contributed by atoms with Gasteiger partial charge in [0.1, 0.15) is 5.71 Å². The summed E-state index contributed by atoms with van der Waals surface area (Å²) in [4.78, 5) is 3.78. The zero-order valence-electron chi connectivity index (χ0n) is 7.50. The number of hydrogen-bond acceptors (Lipinski definition) is 1. The fourth-order valence-corrected chi connectivity index (χ4v) is 1.49. The molecule has 0 radical (unpaired) electrons. The van der Waals surface area contributed by atoms with Gasteiger partial charge in [0.2, 0.25) is 0 Å². The van der Waals surface area contributed by atoms with E-state index < -0.39 is 5.92 Å². The van der Waals surface area contributed by atoms with Crippen LogP contribution in [-0.4, -0.2) is 11.6 Å². The molecule has 0 atom stereocenters. The normalized spacial score (nSPS) is 19.6. The summed E-state index contributed by atoms with van der Waals surface area (Å²) in [6, 6.07) is 8.48. The van der Waals surface area contributed by atoms with E-state index in [0.29, 0.717) is 5.56 Å². The fraction of sp³-hybridized carbons (Fsp3) is 0.182. The van der Waals surface area contributed by atoms with E-state index in [2.05, 4.69) is 11.6 Å². The third kappa shape index (κ3) is 1.45. The molecule has 0 saturated carbocycles. The lowest BCUT2D eigenvalue weighted by molar-refractivity contribution is 0.0863. The van der Waals surface area contributed by atoms with E-state index >= 15 is 0 Å². The lowest BCUT2D eigenvalue weighted by atomic mass is 10.0. The first-order chi connectivity index (χ1) is 6.59. The first-order valence-corrected chi connectivity index (χ1v) is 4.30. The molecular formula is C11H9F2N. The van der Waals surface area contributed by atoms with Crippen molar-refractivity contribution in [2.45, 2.75) is 12.3 Å². The Morgan fingerprint density at radius 3 is 2.36 bits per heavy atom. The van der Waals surface area contributed by atoms with Gasteiger partial charge in [0, 0.05) is 11.3 Å². The molecule has 2 rings (SSSR count). The molecule has 0 N–H and O–H groups in total. The SMILES string of the molecule is C=C1CC(F)(F)C(c2ccccc2)=N1. The topological polar surface area (TPSA) is 12.4 Å². The Hall–Kier alpha value is -1.51. The van der Waals surface area contributed by atoms with Crippen LogP contribution in [0.1, 0.15) is 12.0 Å². The zero-order valence-corrected chi connectivity index (χ0v) is 7.50. The summed E-state index contributed by atoms with van der Waals surface area (Å²) in [5.41, 5.74) is 0.549. The highest BCUT2D eigenvalue weighted by Crippen LogP contribution is 2.34. The van der Waals surface area contributed by atoms with Crippen LogP contribution < -0.4 is 0 Å². The number of nitrogens with zero attached hydrogens (tertiary/aromatic N) is 1. The predicted molar refractivity (Wildman–Crippen MR) is 51.7 cm³/mol. The van der Waals surface area contributed by atoms with Crippen molar-refractivity contribution in [1.82, 2.24) is 0 Å². The largest absolute Gasteiger partial charge is 0.295 e. The van der Waals surface area contributed by atoms with Gasteiger partial charge in [-0.1, -0.05) is 36.9 Å². The van der Waals surface area contributed by atoms with Crippen molar-refractivity contribution in [3.05, 3.63) is 48.2 Å². The highest BCUT2D eigenvalue weighted by Gasteiger charge is 2.41. The van der Waals surface area contributed by atoms with Crippen LogP contribution in [0, 0.1) is 0 Å². The quantitative estimate of drug-likeness (QED) is 0.650.